The summed E-state index contributed by atoms with van der Waals surface area (Å²) in [5, 5.41) is 6.88. The first kappa shape index (κ1) is 19.6. The van der Waals surface area contributed by atoms with Crippen LogP contribution in [-0.2, 0) is 4.79 Å². The molecule has 0 spiro atoms. The number of nitrogens with zero attached hydrogens (tertiary/aromatic N) is 1. The zero-order valence-corrected chi connectivity index (χ0v) is 16.0. The van der Waals surface area contributed by atoms with Gasteiger partial charge in [-0.3, -0.25) is 4.79 Å². The molecule has 138 valence electrons. The van der Waals surface area contributed by atoms with E-state index in [1.165, 1.54) is 12.1 Å². The van der Waals surface area contributed by atoms with Crippen molar-refractivity contribution in [2.45, 2.75) is 33.1 Å². The summed E-state index contributed by atoms with van der Waals surface area (Å²) in [6.45, 7) is 8.96. The highest BCUT2D eigenvalue weighted by molar-refractivity contribution is 7.80. The number of benzene rings is 1. The van der Waals surface area contributed by atoms with Crippen LogP contribution in [0.25, 0.3) is 0 Å². The molecule has 0 unspecified atom stereocenters. The van der Waals surface area contributed by atoms with Crippen molar-refractivity contribution in [3.63, 3.8) is 0 Å². The van der Waals surface area contributed by atoms with Gasteiger partial charge in [-0.1, -0.05) is 26.0 Å². The van der Waals surface area contributed by atoms with Crippen LogP contribution in [0.1, 0.15) is 38.7 Å². The van der Waals surface area contributed by atoms with Gasteiger partial charge in [-0.2, -0.15) is 0 Å². The Balaban J connectivity index is 2.12. The van der Waals surface area contributed by atoms with Gasteiger partial charge >= 0.3 is 0 Å². The fraction of sp³-hybridized carbons (Fsp3) is 0.579. The Kier molecular flexibility index (Phi) is 7.17. The van der Waals surface area contributed by atoms with Gasteiger partial charge in [0.1, 0.15) is 5.82 Å². The number of nitrogens with one attached hydrogen (secondary N) is 2. The van der Waals surface area contributed by atoms with E-state index in [0.717, 1.165) is 18.5 Å². The van der Waals surface area contributed by atoms with Crippen molar-refractivity contribution >= 4 is 23.2 Å². The summed E-state index contributed by atoms with van der Waals surface area (Å²) >= 11 is 5.42. The quantitative estimate of drug-likeness (QED) is 0.761. The summed E-state index contributed by atoms with van der Waals surface area (Å²) < 4.78 is 13.3. The first-order valence-corrected chi connectivity index (χ1v) is 9.39. The lowest BCUT2D eigenvalue weighted by molar-refractivity contribution is -0.124. The Morgan fingerprint density at radius 2 is 1.96 bits per heavy atom. The first-order chi connectivity index (χ1) is 11.9. The van der Waals surface area contributed by atoms with E-state index in [0.29, 0.717) is 30.7 Å². The first-order valence-electron chi connectivity index (χ1n) is 8.98. The number of likely N-dealkylation sites (tertiary alicyclic amines) is 1. The summed E-state index contributed by atoms with van der Waals surface area (Å²) in [6.07, 6.45) is 0.958. The molecule has 2 atom stereocenters. The van der Waals surface area contributed by atoms with Crippen LogP contribution in [0, 0.1) is 17.7 Å². The van der Waals surface area contributed by atoms with Crippen molar-refractivity contribution in [1.29, 1.82) is 0 Å². The Morgan fingerprint density at radius 1 is 1.28 bits per heavy atom. The van der Waals surface area contributed by atoms with E-state index in [2.05, 4.69) is 24.5 Å². The second kappa shape index (κ2) is 9.13. The average molecular weight is 366 g/mol. The fourth-order valence-electron chi connectivity index (χ4n) is 3.16. The summed E-state index contributed by atoms with van der Waals surface area (Å²) in [6, 6.07) is 6.45. The molecule has 6 heteroatoms. The number of carbonyl (C=O) groups is 1. The van der Waals surface area contributed by atoms with E-state index in [1.54, 1.807) is 12.1 Å². The zero-order chi connectivity index (χ0) is 18.4. The van der Waals surface area contributed by atoms with Gasteiger partial charge in [0.15, 0.2) is 5.11 Å². The second-order valence-electron chi connectivity index (χ2n) is 6.98. The predicted octanol–water partition coefficient (Wildman–Crippen LogP) is 2.90. The van der Waals surface area contributed by atoms with Crippen LogP contribution < -0.4 is 10.6 Å². The van der Waals surface area contributed by atoms with Crippen LogP contribution in [0.4, 0.5) is 4.39 Å². The third-order valence-corrected chi connectivity index (χ3v) is 4.99. The Bertz CT molecular complexity index is 591. The minimum atomic E-state index is -0.264. The average Bonchev–Trinajstić information content (AvgIpc) is 3.01. The molecule has 0 aromatic heterocycles. The van der Waals surface area contributed by atoms with Crippen LogP contribution in [-0.4, -0.2) is 42.1 Å². The molecule has 1 aliphatic heterocycles. The fourth-order valence-corrected chi connectivity index (χ4v) is 3.45. The Labute approximate surface area is 155 Å². The highest BCUT2D eigenvalue weighted by atomic mass is 32.1. The van der Waals surface area contributed by atoms with Gasteiger partial charge in [0.25, 0.3) is 0 Å². The molecule has 4 nitrogen and oxygen atoms in total. The molecule has 2 rings (SSSR count). The highest BCUT2D eigenvalue weighted by Crippen LogP contribution is 2.33. The number of carbonyl (C=O) groups excluding carboxylic acids is 1. The second-order valence-corrected chi connectivity index (χ2v) is 7.37. The molecule has 1 aliphatic rings. The minimum absolute atomic E-state index is 0.0104. The van der Waals surface area contributed by atoms with Gasteiger partial charge in [0.2, 0.25) is 5.91 Å². The molecule has 0 radical (unpaired) electrons. The summed E-state index contributed by atoms with van der Waals surface area (Å²) in [4.78, 5) is 14.8. The molecule has 1 aromatic rings. The van der Waals surface area contributed by atoms with Crippen LogP contribution >= 0.6 is 12.2 Å². The van der Waals surface area contributed by atoms with E-state index in [-0.39, 0.29) is 23.6 Å². The molecule has 0 saturated carbocycles. The van der Waals surface area contributed by atoms with Crippen molar-refractivity contribution in [2.24, 2.45) is 11.8 Å². The molecule has 1 amide bonds. The lowest BCUT2D eigenvalue weighted by atomic mass is 9.88. The molecular weight excluding hydrogens is 337 g/mol. The summed E-state index contributed by atoms with van der Waals surface area (Å²) in [5.74, 6) is 0.163. The van der Waals surface area contributed by atoms with Crippen molar-refractivity contribution < 1.29 is 9.18 Å². The van der Waals surface area contributed by atoms with E-state index < -0.39 is 0 Å². The topological polar surface area (TPSA) is 44.4 Å². The van der Waals surface area contributed by atoms with Crippen molar-refractivity contribution in [3.8, 4) is 0 Å². The van der Waals surface area contributed by atoms with Gasteiger partial charge in [-0.05, 0) is 49.2 Å². The monoisotopic (exact) mass is 365 g/mol. The van der Waals surface area contributed by atoms with Crippen LogP contribution in [0.5, 0.6) is 0 Å². The standard InChI is InChI=1S/C19H28FN3OS/c1-4-21-19(25)23-11-16(14-5-7-15(20)8-6-14)17(12-23)18(24)22-10-9-13(2)3/h5-8,13,16-17H,4,9-12H2,1-3H3,(H,21,25)(H,22,24)/t16-,17+/m0/s1. The number of thiocarbonyl (C=S) groups is 1. The molecule has 1 fully saturated rings. The van der Waals surface area contributed by atoms with Crippen LogP contribution in [0.3, 0.4) is 0 Å². The number of hydrogen-bond acceptors (Lipinski definition) is 2. The largest absolute Gasteiger partial charge is 0.363 e. The van der Waals surface area contributed by atoms with Gasteiger partial charge in [-0.25, -0.2) is 4.39 Å². The maximum Gasteiger partial charge on any atom is 0.225 e. The molecule has 1 saturated heterocycles. The third kappa shape index (κ3) is 5.39. The van der Waals surface area contributed by atoms with Gasteiger partial charge in [0, 0.05) is 32.1 Å². The van der Waals surface area contributed by atoms with Crippen LogP contribution in [0.15, 0.2) is 24.3 Å². The van der Waals surface area contributed by atoms with E-state index >= 15 is 0 Å². The molecule has 2 N–H and O–H groups in total. The Hall–Kier alpha value is -1.69. The summed E-state index contributed by atoms with van der Waals surface area (Å²) in [5.41, 5.74) is 0.979. The smallest absolute Gasteiger partial charge is 0.225 e. The van der Waals surface area contributed by atoms with E-state index in [9.17, 15) is 9.18 Å². The molecule has 1 heterocycles. The third-order valence-electron chi connectivity index (χ3n) is 4.59. The number of rotatable bonds is 6. The van der Waals surface area contributed by atoms with Crippen LogP contribution in [0.2, 0.25) is 0 Å². The molecule has 25 heavy (non-hydrogen) atoms. The SMILES string of the molecule is CCNC(=S)N1C[C@@H](C(=O)NCCC(C)C)[C@H](c2ccc(F)cc2)C1. The normalized spacial score (nSPS) is 20.0. The van der Waals surface area contributed by atoms with Gasteiger partial charge < -0.3 is 15.5 Å². The molecule has 1 aromatic carbocycles. The van der Waals surface area contributed by atoms with E-state index in [1.807, 2.05) is 11.8 Å². The molecule has 0 bridgehead atoms. The van der Waals surface area contributed by atoms with Gasteiger partial charge in [0.05, 0.1) is 5.92 Å². The van der Waals surface area contributed by atoms with Gasteiger partial charge in [-0.15, -0.1) is 0 Å². The van der Waals surface area contributed by atoms with Crippen molar-refractivity contribution in [3.05, 3.63) is 35.6 Å². The minimum Gasteiger partial charge on any atom is -0.363 e. The Morgan fingerprint density at radius 3 is 2.56 bits per heavy atom. The zero-order valence-electron chi connectivity index (χ0n) is 15.2. The van der Waals surface area contributed by atoms with Crippen molar-refractivity contribution in [2.75, 3.05) is 26.2 Å². The maximum absolute atomic E-state index is 13.3. The molecule has 0 aliphatic carbocycles. The lowest BCUT2D eigenvalue weighted by Crippen LogP contribution is -2.40. The highest BCUT2D eigenvalue weighted by Gasteiger charge is 2.39. The number of hydrogen-bond donors (Lipinski definition) is 2. The number of halogens is 1. The maximum atomic E-state index is 13.3. The summed E-state index contributed by atoms with van der Waals surface area (Å²) in [7, 11) is 0. The number of amides is 1. The lowest BCUT2D eigenvalue weighted by Gasteiger charge is -2.19. The van der Waals surface area contributed by atoms with E-state index in [4.69, 9.17) is 12.2 Å². The predicted molar refractivity (Wildman–Crippen MR) is 103 cm³/mol. The van der Waals surface area contributed by atoms with Crippen molar-refractivity contribution in [1.82, 2.24) is 15.5 Å². The molecular formula is C19H28FN3OS.